The Hall–Kier alpha value is -4.61. The Kier molecular flexibility index (Phi) is 10.00. The zero-order valence-corrected chi connectivity index (χ0v) is 24.1. The van der Waals surface area contributed by atoms with E-state index in [0.717, 1.165) is 5.56 Å². The second kappa shape index (κ2) is 13.8. The molecule has 220 valence electrons. The van der Waals surface area contributed by atoms with E-state index in [-0.39, 0.29) is 48.7 Å². The molecular weight excluding hydrogens is 564 g/mol. The number of amides is 3. The number of carbonyl (C=O) groups excluding carboxylic acids is 4. The van der Waals surface area contributed by atoms with Gasteiger partial charge < -0.3 is 35.1 Å². The number of carbonyl (C=O) groups is 4. The monoisotopic (exact) mass is 594 g/mol. The fourth-order valence-electron chi connectivity index (χ4n) is 4.19. The van der Waals surface area contributed by atoms with Gasteiger partial charge in [0.2, 0.25) is 11.8 Å². The first-order chi connectivity index (χ1) is 20.1. The molecule has 0 spiro atoms. The van der Waals surface area contributed by atoms with E-state index in [1.165, 1.54) is 19.2 Å². The summed E-state index contributed by atoms with van der Waals surface area (Å²) in [6.45, 7) is -0.0112. The zero-order valence-electron chi connectivity index (χ0n) is 23.4. The van der Waals surface area contributed by atoms with Gasteiger partial charge in [-0.2, -0.15) is 0 Å². The van der Waals surface area contributed by atoms with Crippen molar-refractivity contribution in [2.45, 2.75) is 25.5 Å². The van der Waals surface area contributed by atoms with Gasteiger partial charge in [0.1, 0.15) is 18.4 Å². The maximum atomic E-state index is 13.2. The summed E-state index contributed by atoms with van der Waals surface area (Å²) in [5.41, 5.74) is 2.08. The van der Waals surface area contributed by atoms with Crippen molar-refractivity contribution in [3.63, 3.8) is 0 Å². The van der Waals surface area contributed by atoms with Crippen LogP contribution in [-0.2, 0) is 30.5 Å². The first-order valence-corrected chi connectivity index (χ1v) is 13.4. The highest BCUT2D eigenvalue weighted by molar-refractivity contribution is 6.33. The molecule has 3 aromatic rings. The molecule has 0 aliphatic carbocycles. The van der Waals surface area contributed by atoms with E-state index >= 15 is 0 Å². The molecule has 3 N–H and O–H groups in total. The first kappa shape index (κ1) is 30.4. The van der Waals surface area contributed by atoms with Crippen LogP contribution in [0.4, 0.5) is 17.1 Å². The van der Waals surface area contributed by atoms with Crippen LogP contribution in [0.25, 0.3) is 0 Å². The van der Waals surface area contributed by atoms with E-state index in [2.05, 4.69) is 20.7 Å². The van der Waals surface area contributed by atoms with E-state index in [1.807, 2.05) is 49.3 Å². The van der Waals surface area contributed by atoms with Crippen molar-refractivity contribution in [3.05, 3.63) is 76.8 Å². The third kappa shape index (κ3) is 7.77. The lowest BCUT2D eigenvalue weighted by Gasteiger charge is -2.18. The van der Waals surface area contributed by atoms with Gasteiger partial charge in [0.25, 0.3) is 5.91 Å². The van der Waals surface area contributed by atoms with Crippen LogP contribution >= 0.6 is 11.6 Å². The van der Waals surface area contributed by atoms with Gasteiger partial charge in [0.05, 0.1) is 41.4 Å². The van der Waals surface area contributed by atoms with Crippen molar-refractivity contribution in [1.82, 2.24) is 5.32 Å². The Morgan fingerprint density at radius 1 is 1.05 bits per heavy atom. The molecule has 1 atom stereocenters. The SMILES string of the molecule is COC(=O)CC[C@H]1NC(=O)c2cc(Oc3ccc(Cl)c(N(C)C)c3)c(NC(=O)COCc3ccccc3)cc2NC1=O. The standard InChI is InChI=1S/C30H31ClN4O7/c1-35(2)25-13-19(9-10-21(25)31)42-26-14-20-23(34-30(39)22(33-29(20)38)11-12-28(37)40-3)15-24(26)32-27(36)17-41-16-18-7-5-4-6-8-18/h4-10,13-15,22H,11-12,16-17H2,1-3H3,(H,32,36)(H,33,38)(H,34,39)/t22-/m1/s1. The number of methoxy groups -OCH3 is 1. The van der Waals surface area contributed by atoms with E-state index < -0.39 is 29.7 Å². The number of ether oxygens (including phenoxy) is 3. The molecule has 1 heterocycles. The minimum absolute atomic E-state index is 0.0437. The van der Waals surface area contributed by atoms with Crippen molar-refractivity contribution in [3.8, 4) is 11.5 Å². The highest BCUT2D eigenvalue weighted by atomic mass is 35.5. The predicted octanol–water partition coefficient (Wildman–Crippen LogP) is 4.36. The van der Waals surface area contributed by atoms with E-state index in [9.17, 15) is 19.2 Å². The van der Waals surface area contributed by atoms with Crippen LogP contribution in [0.2, 0.25) is 5.02 Å². The summed E-state index contributed by atoms with van der Waals surface area (Å²) in [6, 6.07) is 16.4. The average Bonchev–Trinajstić information content (AvgIpc) is 3.08. The molecule has 4 rings (SSSR count). The minimum Gasteiger partial charge on any atom is -0.469 e. The lowest BCUT2D eigenvalue weighted by Crippen LogP contribution is -2.41. The number of benzene rings is 3. The summed E-state index contributed by atoms with van der Waals surface area (Å²) in [7, 11) is 4.91. The Balaban J connectivity index is 1.61. The minimum atomic E-state index is -0.975. The third-order valence-electron chi connectivity index (χ3n) is 6.35. The van der Waals surface area contributed by atoms with Gasteiger partial charge in [-0.1, -0.05) is 41.9 Å². The molecule has 0 aromatic heterocycles. The molecule has 0 radical (unpaired) electrons. The van der Waals surface area contributed by atoms with Crippen LogP contribution in [0.3, 0.4) is 0 Å². The number of esters is 1. The first-order valence-electron chi connectivity index (χ1n) is 13.1. The number of hydrogen-bond donors (Lipinski definition) is 3. The van der Waals surface area contributed by atoms with Gasteiger partial charge in [0.15, 0.2) is 5.75 Å². The molecule has 0 fully saturated rings. The third-order valence-corrected chi connectivity index (χ3v) is 6.67. The summed E-state index contributed by atoms with van der Waals surface area (Å²) in [5, 5.41) is 8.62. The van der Waals surface area contributed by atoms with Crippen molar-refractivity contribution in [1.29, 1.82) is 0 Å². The average molecular weight is 595 g/mol. The molecule has 3 aromatic carbocycles. The zero-order chi connectivity index (χ0) is 30.2. The summed E-state index contributed by atoms with van der Waals surface area (Å²) < 4.78 is 16.3. The van der Waals surface area contributed by atoms with Gasteiger partial charge in [-0.3, -0.25) is 19.2 Å². The Morgan fingerprint density at radius 2 is 1.81 bits per heavy atom. The highest BCUT2D eigenvalue weighted by Gasteiger charge is 2.30. The fourth-order valence-corrected chi connectivity index (χ4v) is 4.48. The Bertz CT molecular complexity index is 1480. The molecule has 0 saturated heterocycles. The smallest absolute Gasteiger partial charge is 0.305 e. The number of nitrogens with one attached hydrogen (secondary N) is 3. The number of anilines is 3. The number of halogens is 1. The van der Waals surface area contributed by atoms with Crippen LogP contribution in [0.15, 0.2) is 60.7 Å². The number of nitrogens with zero attached hydrogens (tertiary/aromatic N) is 1. The van der Waals surface area contributed by atoms with Crippen LogP contribution in [0.1, 0.15) is 28.8 Å². The topological polar surface area (TPSA) is 135 Å². The van der Waals surface area contributed by atoms with E-state index in [4.69, 9.17) is 21.1 Å². The maximum Gasteiger partial charge on any atom is 0.305 e. The summed E-state index contributed by atoms with van der Waals surface area (Å²) in [6.07, 6.45) is -0.0172. The lowest BCUT2D eigenvalue weighted by atomic mass is 10.1. The van der Waals surface area contributed by atoms with Gasteiger partial charge in [0, 0.05) is 26.6 Å². The molecule has 1 aliphatic heterocycles. The van der Waals surface area contributed by atoms with Crippen molar-refractivity contribution in [2.24, 2.45) is 0 Å². The maximum absolute atomic E-state index is 13.2. The molecule has 12 heteroatoms. The molecule has 0 unspecified atom stereocenters. The van der Waals surface area contributed by atoms with Gasteiger partial charge in [-0.15, -0.1) is 0 Å². The Morgan fingerprint density at radius 3 is 2.52 bits per heavy atom. The second-order valence-electron chi connectivity index (χ2n) is 9.66. The molecule has 3 amide bonds. The number of fused-ring (bicyclic) bond motifs is 1. The van der Waals surface area contributed by atoms with Crippen LogP contribution in [0.5, 0.6) is 11.5 Å². The molecule has 1 aliphatic rings. The normalized spacial score (nSPS) is 14.1. The summed E-state index contributed by atoms with van der Waals surface area (Å²) >= 11 is 6.31. The summed E-state index contributed by atoms with van der Waals surface area (Å²) in [4.78, 5) is 52.4. The van der Waals surface area contributed by atoms with E-state index in [1.54, 1.807) is 18.2 Å². The van der Waals surface area contributed by atoms with Crippen molar-refractivity contribution >= 4 is 52.4 Å². The molecule has 11 nitrogen and oxygen atoms in total. The molecule has 0 saturated carbocycles. The fraction of sp³-hybridized carbons (Fsp3) is 0.267. The van der Waals surface area contributed by atoms with E-state index in [0.29, 0.717) is 16.5 Å². The van der Waals surface area contributed by atoms with Crippen LogP contribution in [-0.4, -0.2) is 57.5 Å². The lowest BCUT2D eigenvalue weighted by molar-refractivity contribution is -0.140. The molecule has 42 heavy (non-hydrogen) atoms. The van der Waals surface area contributed by atoms with Crippen molar-refractivity contribution in [2.75, 3.05) is 43.3 Å². The predicted molar refractivity (Wildman–Crippen MR) is 158 cm³/mol. The highest BCUT2D eigenvalue weighted by Crippen LogP contribution is 2.38. The number of hydrogen-bond acceptors (Lipinski definition) is 8. The van der Waals surface area contributed by atoms with Crippen LogP contribution in [0, 0.1) is 0 Å². The van der Waals surface area contributed by atoms with Gasteiger partial charge in [-0.25, -0.2) is 0 Å². The quantitative estimate of drug-likeness (QED) is 0.279. The number of rotatable bonds is 11. The molecular formula is C30H31ClN4O7. The summed E-state index contributed by atoms with van der Waals surface area (Å²) in [5.74, 6) is -1.51. The van der Waals surface area contributed by atoms with Gasteiger partial charge >= 0.3 is 5.97 Å². The second-order valence-corrected chi connectivity index (χ2v) is 10.1. The van der Waals surface area contributed by atoms with Crippen molar-refractivity contribution < 1.29 is 33.4 Å². The molecule has 0 bridgehead atoms. The Labute approximate surface area is 248 Å². The van der Waals surface area contributed by atoms with Crippen LogP contribution < -0.4 is 25.6 Å². The van der Waals surface area contributed by atoms with Gasteiger partial charge in [-0.05, 0) is 36.2 Å². The largest absolute Gasteiger partial charge is 0.469 e.